The minimum atomic E-state index is 0.00423. The van der Waals surface area contributed by atoms with Crippen LogP contribution in [-0.4, -0.2) is 41.0 Å². The molecule has 1 atom stereocenters. The SMILES string of the molecule is CN(Cc1ccccc1O)C(=O)C1CCCN(Cc2ccco2)C1. The molecular weight excluding hydrogens is 304 g/mol. The summed E-state index contributed by atoms with van der Waals surface area (Å²) in [6.07, 6.45) is 3.61. The molecule has 24 heavy (non-hydrogen) atoms. The van der Waals surface area contributed by atoms with E-state index in [1.807, 2.05) is 24.3 Å². The highest BCUT2D eigenvalue weighted by Crippen LogP contribution is 2.23. The summed E-state index contributed by atoms with van der Waals surface area (Å²) < 4.78 is 5.41. The number of likely N-dealkylation sites (tertiary alicyclic amines) is 1. The van der Waals surface area contributed by atoms with Crippen LogP contribution in [0.3, 0.4) is 0 Å². The Labute approximate surface area is 142 Å². The summed E-state index contributed by atoms with van der Waals surface area (Å²) in [5.41, 5.74) is 0.775. The van der Waals surface area contributed by atoms with Crippen LogP contribution in [0.25, 0.3) is 0 Å². The molecule has 1 N–H and O–H groups in total. The molecule has 1 fully saturated rings. The van der Waals surface area contributed by atoms with Gasteiger partial charge in [-0.2, -0.15) is 0 Å². The van der Waals surface area contributed by atoms with Gasteiger partial charge in [-0.05, 0) is 37.6 Å². The first kappa shape index (κ1) is 16.6. The lowest BCUT2D eigenvalue weighted by Gasteiger charge is -2.33. The van der Waals surface area contributed by atoms with Gasteiger partial charge >= 0.3 is 0 Å². The van der Waals surface area contributed by atoms with Gasteiger partial charge in [-0.15, -0.1) is 0 Å². The summed E-state index contributed by atoms with van der Waals surface area (Å²) in [5.74, 6) is 1.32. The van der Waals surface area contributed by atoms with Crippen LogP contribution >= 0.6 is 0 Å². The van der Waals surface area contributed by atoms with Crippen LogP contribution in [0.1, 0.15) is 24.2 Å². The summed E-state index contributed by atoms with van der Waals surface area (Å²) in [7, 11) is 1.81. The average Bonchev–Trinajstić information content (AvgIpc) is 3.09. The van der Waals surface area contributed by atoms with E-state index in [-0.39, 0.29) is 17.6 Å². The van der Waals surface area contributed by atoms with Gasteiger partial charge in [0.1, 0.15) is 11.5 Å². The number of hydrogen-bond donors (Lipinski definition) is 1. The van der Waals surface area contributed by atoms with Crippen LogP contribution in [0, 0.1) is 5.92 Å². The van der Waals surface area contributed by atoms with Crippen LogP contribution in [0.5, 0.6) is 5.75 Å². The maximum atomic E-state index is 12.8. The predicted octanol–water partition coefficient (Wildman–Crippen LogP) is 2.86. The van der Waals surface area contributed by atoms with Gasteiger partial charge < -0.3 is 14.4 Å². The minimum Gasteiger partial charge on any atom is -0.508 e. The monoisotopic (exact) mass is 328 g/mol. The lowest BCUT2D eigenvalue weighted by Crippen LogP contribution is -2.43. The fourth-order valence-corrected chi connectivity index (χ4v) is 3.31. The molecule has 1 unspecified atom stereocenters. The second kappa shape index (κ2) is 7.53. The molecule has 5 heteroatoms. The van der Waals surface area contributed by atoms with Crippen LogP contribution in [-0.2, 0) is 17.9 Å². The smallest absolute Gasteiger partial charge is 0.227 e. The number of phenols is 1. The second-order valence-corrected chi connectivity index (χ2v) is 6.48. The number of hydrogen-bond acceptors (Lipinski definition) is 4. The van der Waals surface area contributed by atoms with Crippen molar-refractivity contribution in [2.75, 3.05) is 20.1 Å². The summed E-state index contributed by atoms with van der Waals surface area (Å²) in [4.78, 5) is 16.8. The minimum absolute atomic E-state index is 0.00423. The molecule has 1 aromatic carbocycles. The molecule has 5 nitrogen and oxygen atoms in total. The molecule has 2 heterocycles. The van der Waals surface area contributed by atoms with Crippen LogP contribution in [0.4, 0.5) is 0 Å². The second-order valence-electron chi connectivity index (χ2n) is 6.48. The summed E-state index contributed by atoms with van der Waals surface area (Å²) in [6.45, 7) is 2.93. The number of aromatic hydroxyl groups is 1. The first-order valence-corrected chi connectivity index (χ1v) is 8.40. The number of piperidine rings is 1. The molecule has 1 aliphatic heterocycles. The van der Waals surface area contributed by atoms with Crippen molar-refractivity contribution in [1.82, 2.24) is 9.80 Å². The predicted molar refractivity (Wildman–Crippen MR) is 91.3 cm³/mol. The van der Waals surface area contributed by atoms with Gasteiger partial charge in [0, 0.05) is 25.7 Å². The maximum Gasteiger partial charge on any atom is 0.227 e. The number of amides is 1. The Morgan fingerprint density at radius 3 is 2.92 bits per heavy atom. The van der Waals surface area contributed by atoms with E-state index >= 15 is 0 Å². The van der Waals surface area contributed by atoms with Gasteiger partial charge in [-0.1, -0.05) is 18.2 Å². The van der Waals surface area contributed by atoms with Gasteiger partial charge in [-0.3, -0.25) is 9.69 Å². The number of para-hydroxylation sites is 1. The fourth-order valence-electron chi connectivity index (χ4n) is 3.31. The van der Waals surface area contributed by atoms with E-state index in [4.69, 9.17) is 4.42 Å². The largest absolute Gasteiger partial charge is 0.508 e. The first-order valence-electron chi connectivity index (χ1n) is 8.40. The van der Waals surface area contributed by atoms with Gasteiger partial charge in [0.2, 0.25) is 5.91 Å². The highest BCUT2D eigenvalue weighted by Gasteiger charge is 2.28. The van der Waals surface area contributed by atoms with Gasteiger partial charge in [-0.25, -0.2) is 0 Å². The Kier molecular flexibility index (Phi) is 5.20. The Hall–Kier alpha value is -2.27. The molecule has 0 spiro atoms. The Morgan fingerprint density at radius 1 is 1.33 bits per heavy atom. The lowest BCUT2D eigenvalue weighted by molar-refractivity contribution is -0.136. The Balaban J connectivity index is 1.58. The zero-order valence-electron chi connectivity index (χ0n) is 14.0. The molecule has 2 aromatic rings. The zero-order valence-corrected chi connectivity index (χ0v) is 14.0. The van der Waals surface area contributed by atoms with E-state index in [1.165, 1.54) is 0 Å². The van der Waals surface area contributed by atoms with E-state index in [2.05, 4.69) is 4.90 Å². The van der Waals surface area contributed by atoms with Gasteiger partial charge in [0.15, 0.2) is 0 Å². The molecule has 0 saturated carbocycles. The highest BCUT2D eigenvalue weighted by atomic mass is 16.3. The van der Waals surface area contributed by atoms with Crippen molar-refractivity contribution < 1.29 is 14.3 Å². The van der Waals surface area contributed by atoms with Crippen molar-refractivity contribution in [1.29, 1.82) is 0 Å². The summed E-state index contributed by atoms with van der Waals surface area (Å²) in [6, 6.07) is 11.0. The molecule has 128 valence electrons. The molecule has 0 bridgehead atoms. The molecule has 0 radical (unpaired) electrons. The number of carbonyl (C=O) groups excluding carboxylic acids is 1. The molecule has 1 saturated heterocycles. The van der Waals surface area contributed by atoms with Crippen molar-refractivity contribution >= 4 is 5.91 Å². The Morgan fingerprint density at radius 2 is 2.17 bits per heavy atom. The maximum absolute atomic E-state index is 12.8. The Bertz CT molecular complexity index is 669. The number of nitrogens with zero attached hydrogens (tertiary/aromatic N) is 2. The third kappa shape index (κ3) is 3.97. The average molecular weight is 328 g/mol. The molecule has 1 aromatic heterocycles. The van der Waals surface area contributed by atoms with Crippen molar-refractivity contribution in [3.8, 4) is 5.75 Å². The van der Waals surface area contributed by atoms with Crippen molar-refractivity contribution in [3.05, 3.63) is 54.0 Å². The van der Waals surface area contributed by atoms with Gasteiger partial charge in [0.25, 0.3) is 0 Å². The normalized spacial score (nSPS) is 18.5. The van der Waals surface area contributed by atoms with E-state index in [9.17, 15) is 9.90 Å². The topological polar surface area (TPSA) is 56.9 Å². The fraction of sp³-hybridized carbons (Fsp3) is 0.421. The molecule has 3 rings (SSSR count). The van der Waals surface area contributed by atoms with Crippen LogP contribution in [0.2, 0.25) is 0 Å². The number of carbonyl (C=O) groups is 1. The van der Waals surface area contributed by atoms with E-state index in [0.29, 0.717) is 6.54 Å². The quantitative estimate of drug-likeness (QED) is 0.917. The summed E-state index contributed by atoms with van der Waals surface area (Å²) in [5, 5.41) is 9.88. The van der Waals surface area contributed by atoms with Crippen molar-refractivity contribution in [2.24, 2.45) is 5.92 Å². The van der Waals surface area contributed by atoms with Crippen LogP contribution < -0.4 is 0 Å². The van der Waals surface area contributed by atoms with Crippen LogP contribution in [0.15, 0.2) is 47.1 Å². The number of rotatable bonds is 5. The highest BCUT2D eigenvalue weighted by molar-refractivity contribution is 5.79. The zero-order chi connectivity index (χ0) is 16.9. The molecule has 1 amide bonds. The number of furan rings is 1. The van der Waals surface area contributed by atoms with E-state index in [0.717, 1.165) is 43.8 Å². The molecule has 1 aliphatic rings. The number of phenolic OH excluding ortho intramolecular Hbond substituents is 1. The lowest BCUT2D eigenvalue weighted by atomic mass is 9.96. The van der Waals surface area contributed by atoms with Crippen molar-refractivity contribution in [3.63, 3.8) is 0 Å². The van der Waals surface area contributed by atoms with E-state index in [1.54, 1.807) is 30.3 Å². The van der Waals surface area contributed by atoms with E-state index < -0.39 is 0 Å². The number of benzene rings is 1. The standard InChI is InChI=1S/C19H24N2O3/c1-20(12-15-6-2-3-9-18(15)22)19(23)16-7-4-10-21(13-16)14-17-8-5-11-24-17/h2-3,5-6,8-9,11,16,22H,4,7,10,12-14H2,1H3. The third-order valence-corrected chi connectivity index (χ3v) is 4.59. The first-order chi connectivity index (χ1) is 11.6. The molecular formula is C19H24N2O3. The van der Waals surface area contributed by atoms with Gasteiger partial charge in [0.05, 0.1) is 18.7 Å². The third-order valence-electron chi connectivity index (χ3n) is 4.59. The van der Waals surface area contributed by atoms with Crippen molar-refractivity contribution in [2.45, 2.75) is 25.9 Å². The molecule has 0 aliphatic carbocycles. The summed E-state index contributed by atoms with van der Waals surface area (Å²) >= 11 is 0.